The first-order valence-electron chi connectivity index (χ1n) is 8.62. The van der Waals surface area contributed by atoms with E-state index >= 15 is 0 Å². The first-order valence-corrected chi connectivity index (χ1v) is 10.2. The fourth-order valence-corrected chi connectivity index (χ4v) is 4.01. The van der Waals surface area contributed by atoms with E-state index in [1.165, 1.54) is 12.1 Å². The van der Waals surface area contributed by atoms with Gasteiger partial charge in [-0.1, -0.05) is 39.3 Å². The summed E-state index contributed by atoms with van der Waals surface area (Å²) in [4.78, 5) is 0. The number of hydrogen-bond acceptors (Lipinski definition) is 3. The van der Waals surface area contributed by atoms with Crippen LogP contribution >= 0.6 is 0 Å². The molecular weight excluding hydrogens is 315 g/mol. The van der Waals surface area contributed by atoms with Crippen molar-refractivity contribution in [3.05, 3.63) is 35.6 Å². The molecule has 0 saturated heterocycles. The van der Waals surface area contributed by atoms with Crippen molar-refractivity contribution in [1.82, 2.24) is 0 Å². The number of rotatable bonds is 6. The van der Waals surface area contributed by atoms with Crippen LogP contribution in [0.3, 0.4) is 0 Å². The molecule has 5 heteroatoms. The Morgan fingerprint density at radius 1 is 1.17 bits per heavy atom. The van der Waals surface area contributed by atoms with Crippen LogP contribution in [0.5, 0.6) is 0 Å². The Morgan fingerprint density at radius 3 is 2.43 bits per heavy atom. The average molecular weight is 344 g/mol. The molecule has 1 fully saturated rings. The van der Waals surface area contributed by atoms with Crippen molar-refractivity contribution in [2.45, 2.75) is 58.8 Å². The van der Waals surface area contributed by atoms with E-state index in [9.17, 15) is 12.8 Å². The Balaban J connectivity index is 0.00000127. The zero-order valence-corrected chi connectivity index (χ0v) is 15.2. The molecule has 0 aromatic heterocycles. The monoisotopic (exact) mass is 344 g/mol. The smallest absolute Gasteiger partial charge is 0.267 e. The predicted octanol–water partition coefficient (Wildman–Crippen LogP) is 4.88. The first-order chi connectivity index (χ1) is 11.0. The van der Waals surface area contributed by atoms with Gasteiger partial charge in [-0.25, -0.2) is 4.39 Å². The van der Waals surface area contributed by atoms with Crippen LogP contribution < -0.4 is 0 Å². The summed E-state index contributed by atoms with van der Waals surface area (Å²) in [6.07, 6.45) is 4.62. The van der Waals surface area contributed by atoms with Crippen LogP contribution in [0.4, 0.5) is 4.39 Å². The lowest BCUT2D eigenvalue weighted by Crippen LogP contribution is -2.21. The van der Waals surface area contributed by atoms with Gasteiger partial charge in [0, 0.05) is 0 Å². The quantitative estimate of drug-likeness (QED) is 0.691. The summed E-state index contributed by atoms with van der Waals surface area (Å²) in [5.41, 5.74) is 1.14. The van der Waals surface area contributed by atoms with E-state index in [2.05, 4.69) is 0 Å². The number of hydrogen-bond donors (Lipinski definition) is 0. The van der Waals surface area contributed by atoms with Gasteiger partial charge in [-0.15, -0.1) is 0 Å². The van der Waals surface area contributed by atoms with Gasteiger partial charge in [-0.2, -0.15) is 8.42 Å². The lowest BCUT2D eigenvalue weighted by molar-refractivity contribution is 0.202. The van der Waals surface area contributed by atoms with Gasteiger partial charge in [0.15, 0.2) is 0 Å². The molecule has 1 aromatic carbocycles. The molecule has 1 aromatic rings. The Kier molecular flexibility index (Phi) is 8.77. The molecule has 0 aliphatic heterocycles. The SMILES string of the molecule is CC.CCCS(=O)(=O)OCC1CCCC(c2ccc(F)cc2)C1. The van der Waals surface area contributed by atoms with E-state index in [1.807, 2.05) is 32.9 Å². The van der Waals surface area contributed by atoms with Crippen LogP contribution in [0.15, 0.2) is 24.3 Å². The molecule has 2 atom stereocenters. The van der Waals surface area contributed by atoms with Crippen molar-refractivity contribution in [2.75, 3.05) is 12.4 Å². The van der Waals surface area contributed by atoms with Gasteiger partial charge >= 0.3 is 0 Å². The summed E-state index contributed by atoms with van der Waals surface area (Å²) in [5, 5.41) is 0. The van der Waals surface area contributed by atoms with Crippen molar-refractivity contribution in [3.8, 4) is 0 Å². The molecule has 2 rings (SSSR count). The average Bonchev–Trinajstić information content (AvgIpc) is 2.56. The second kappa shape index (κ2) is 10.0. The zero-order chi connectivity index (χ0) is 17.3. The van der Waals surface area contributed by atoms with Gasteiger partial charge in [-0.05, 0) is 55.2 Å². The van der Waals surface area contributed by atoms with Gasteiger partial charge in [0.2, 0.25) is 0 Å². The molecule has 132 valence electrons. The third-order valence-electron chi connectivity index (χ3n) is 4.06. The van der Waals surface area contributed by atoms with Crippen LogP contribution in [-0.2, 0) is 14.3 Å². The van der Waals surface area contributed by atoms with Crippen molar-refractivity contribution in [2.24, 2.45) is 5.92 Å². The normalized spacial score (nSPS) is 21.4. The van der Waals surface area contributed by atoms with E-state index in [-0.39, 0.29) is 24.1 Å². The van der Waals surface area contributed by atoms with Crippen LogP contribution in [-0.4, -0.2) is 20.8 Å². The van der Waals surface area contributed by atoms with Gasteiger partial charge in [0.25, 0.3) is 10.1 Å². The Morgan fingerprint density at radius 2 is 1.83 bits per heavy atom. The highest BCUT2D eigenvalue weighted by atomic mass is 32.2. The van der Waals surface area contributed by atoms with E-state index in [0.29, 0.717) is 12.3 Å². The molecule has 0 bridgehead atoms. The third-order valence-corrected chi connectivity index (χ3v) is 5.47. The molecule has 0 heterocycles. The topological polar surface area (TPSA) is 43.4 Å². The highest BCUT2D eigenvalue weighted by molar-refractivity contribution is 7.86. The summed E-state index contributed by atoms with van der Waals surface area (Å²) in [6, 6.07) is 6.64. The van der Waals surface area contributed by atoms with Gasteiger partial charge in [0.05, 0.1) is 12.4 Å². The summed E-state index contributed by atoms with van der Waals surface area (Å²) >= 11 is 0. The molecule has 23 heavy (non-hydrogen) atoms. The Labute approximate surface area is 140 Å². The highest BCUT2D eigenvalue weighted by Crippen LogP contribution is 2.36. The Hall–Kier alpha value is -0.940. The minimum absolute atomic E-state index is 0.0844. The molecule has 0 spiro atoms. The molecule has 1 aliphatic rings. The van der Waals surface area contributed by atoms with Gasteiger partial charge in [0.1, 0.15) is 5.82 Å². The highest BCUT2D eigenvalue weighted by Gasteiger charge is 2.25. The summed E-state index contributed by atoms with van der Waals surface area (Å²) in [6.45, 7) is 6.10. The molecule has 3 nitrogen and oxygen atoms in total. The van der Waals surface area contributed by atoms with E-state index in [4.69, 9.17) is 4.18 Å². The van der Waals surface area contributed by atoms with E-state index in [1.54, 1.807) is 0 Å². The van der Waals surface area contributed by atoms with Crippen molar-refractivity contribution < 1.29 is 17.0 Å². The fourth-order valence-electron chi connectivity index (χ4n) is 2.99. The fraction of sp³-hybridized carbons (Fsp3) is 0.667. The maximum atomic E-state index is 13.0. The van der Waals surface area contributed by atoms with E-state index in [0.717, 1.165) is 31.2 Å². The van der Waals surface area contributed by atoms with Gasteiger partial charge in [-0.3, -0.25) is 4.18 Å². The first kappa shape index (κ1) is 20.1. The number of benzene rings is 1. The molecule has 0 N–H and O–H groups in total. The van der Waals surface area contributed by atoms with Crippen LogP contribution in [0.25, 0.3) is 0 Å². The second-order valence-electron chi connectivity index (χ2n) is 5.83. The molecular formula is C18H29FO3S. The molecule has 1 saturated carbocycles. The minimum atomic E-state index is -3.37. The molecule has 0 amide bonds. The standard InChI is InChI=1S/C16H23FO3S.C2H6/c1-2-10-21(18,19)20-12-13-4-3-5-15(11-13)14-6-8-16(17)9-7-14;1-2/h6-9,13,15H,2-5,10-12H2,1H3;1-2H3. The third kappa shape index (κ3) is 7.00. The largest absolute Gasteiger partial charge is 0.270 e. The van der Waals surface area contributed by atoms with Gasteiger partial charge < -0.3 is 0 Å². The van der Waals surface area contributed by atoms with E-state index < -0.39 is 10.1 Å². The lowest BCUT2D eigenvalue weighted by Gasteiger charge is -2.29. The second-order valence-corrected chi connectivity index (χ2v) is 7.59. The maximum absolute atomic E-state index is 13.0. The van der Waals surface area contributed by atoms with Crippen molar-refractivity contribution in [3.63, 3.8) is 0 Å². The molecule has 2 unspecified atom stereocenters. The number of halogens is 1. The Bertz CT molecular complexity index is 540. The zero-order valence-electron chi connectivity index (χ0n) is 14.4. The van der Waals surface area contributed by atoms with Crippen LogP contribution in [0, 0.1) is 11.7 Å². The van der Waals surface area contributed by atoms with Crippen LogP contribution in [0.1, 0.15) is 64.4 Å². The summed E-state index contributed by atoms with van der Waals surface area (Å²) in [7, 11) is -3.37. The molecule has 1 aliphatic carbocycles. The minimum Gasteiger partial charge on any atom is -0.270 e. The molecule has 0 radical (unpaired) electrons. The lowest BCUT2D eigenvalue weighted by atomic mass is 9.78. The van der Waals surface area contributed by atoms with Crippen LogP contribution in [0.2, 0.25) is 0 Å². The summed E-state index contributed by atoms with van der Waals surface area (Å²) in [5.74, 6) is 0.503. The maximum Gasteiger partial charge on any atom is 0.267 e. The summed E-state index contributed by atoms with van der Waals surface area (Å²) < 4.78 is 41.3. The van der Waals surface area contributed by atoms with Crippen molar-refractivity contribution >= 4 is 10.1 Å². The van der Waals surface area contributed by atoms with Crippen molar-refractivity contribution in [1.29, 1.82) is 0 Å². The predicted molar refractivity (Wildman–Crippen MR) is 92.5 cm³/mol.